The van der Waals surface area contributed by atoms with Crippen molar-refractivity contribution in [3.63, 3.8) is 0 Å². The van der Waals surface area contributed by atoms with Crippen LogP contribution in [0, 0.1) is 6.92 Å². The van der Waals surface area contributed by atoms with E-state index in [2.05, 4.69) is 17.6 Å². The molecule has 1 unspecified atom stereocenters. The van der Waals surface area contributed by atoms with E-state index in [4.69, 9.17) is 4.74 Å². The molecule has 1 atom stereocenters. The second kappa shape index (κ2) is 17.3. The first kappa shape index (κ1) is 29.9. The lowest BCUT2D eigenvalue weighted by Gasteiger charge is -2.30. The van der Waals surface area contributed by atoms with Crippen LogP contribution in [0.15, 0.2) is 18.2 Å². The van der Waals surface area contributed by atoms with E-state index in [9.17, 15) is 9.59 Å². The van der Waals surface area contributed by atoms with Crippen molar-refractivity contribution in [2.75, 3.05) is 44.6 Å². The molecule has 194 valence electrons. The molecule has 0 aliphatic carbocycles. The summed E-state index contributed by atoms with van der Waals surface area (Å²) in [6.07, 6.45) is 6.66. The Labute approximate surface area is 207 Å². The SMILES string of the molecule is CCCCCCCCOc1ccc(NC(=O)C(NC(=O)CN(CC)CC)N(CC)CC)cc1C. The summed E-state index contributed by atoms with van der Waals surface area (Å²) in [5.41, 5.74) is 1.68. The number of rotatable bonds is 18. The lowest BCUT2D eigenvalue weighted by atomic mass is 10.1. The standard InChI is InChI=1S/C27H48N4O3/c1-7-12-13-14-15-16-19-34-24-18-17-23(20-22(24)6)28-27(33)26(31(10-4)11-5)29-25(32)21-30(8-2)9-3/h17-18,20,26H,7-16,19,21H2,1-6H3,(H,28,33)(H,29,32). The predicted octanol–water partition coefficient (Wildman–Crippen LogP) is 4.80. The number of likely N-dealkylation sites (N-methyl/N-ethyl adjacent to an activating group) is 2. The maximum absolute atomic E-state index is 13.1. The molecule has 7 nitrogen and oxygen atoms in total. The minimum atomic E-state index is -0.720. The molecular formula is C27H48N4O3. The molecule has 7 heteroatoms. The minimum Gasteiger partial charge on any atom is -0.493 e. The Morgan fingerprint density at radius 2 is 1.56 bits per heavy atom. The first-order valence-corrected chi connectivity index (χ1v) is 13.2. The number of unbranched alkanes of at least 4 members (excludes halogenated alkanes) is 5. The van der Waals surface area contributed by atoms with E-state index >= 15 is 0 Å². The van der Waals surface area contributed by atoms with E-state index in [0.29, 0.717) is 25.4 Å². The molecule has 34 heavy (non-hydrogen) atoms. The van der Waals surface area contributed by atoms with Crippen LogP contribution in [0.3, 0.4) is 0 Å². The Bertz CT molecular complexity index is 718. The van der Waals surface area contributed by atoms with Gasteiger partial charge in [0.15, 0.2) is 6.17 Å². The number of carbonyl (C=O) groups excluding carboxylic acids is 2. The molecule has 0 heterocycles. The van der Waals surface area contributed by atoms with Crippen LogP contribution in [0.2, 0.25) is 0 Å². The molecule has 0 aromatic heterocycles. The summed E-state index contributed by atoms with van der Waals surface area (Å²) in [4.78, 5) is 29.7. The normalized spacial score (nSPS) is 12.1. The summed E-state index contributed by atoms with van der Waals surface area (Å²) in [6, 6.07) is 5.69. The Hall–Kier alpha value is -2.12. The number of hydrogen-bond donors (Lipinski definition) is 2. The number of carbonyl (C=O) groups is 2. The average Bonchev–Trinajstić information content (AvgIpc) is 2.83. The van der Waals surface area contributed by atoms with Gasteiger partial charge in [0.05, 0.1) is 13.2 Å². The molecule has 1 rings (SSSR count). The summed E-state index contributed by atoms with van der Waals surface area (Å²) in [5, 5.41) is 5.90. The van der Waals surface area contributed by atoms with Crippen LogP contribution in [0.1, 0.15) is 78.7 Å². The summed E-state index contributed by atoms with van der Waals surface area (Å²) in [7, 11) is 0. The largest absolute Gasteiger partial charge is 0.493 e. The second-order valence-corrected chi connectivity index (χ2v) is 8.74. The number of aryl methyl sites for hydroxylation is 1. The van der Waals surface area contributed by atoms with Gasteiger partial charge in [0.2, 0.25) is 5.91 Å². The highest BCUT2D eigenvalue weighted by molar-refractivity contribution is 5.97. The van der Waals surface area contributed by atoms with Gasteiger partial charge >= 0.3 is 0 Å². The van der Waals surface area contributed by atoms with Crippen LogP contribution in [0.5, 0.6) is 5.75 Å². The van der Waals surface area contributed by atoms with Gasteiger partial charge in [0.1, 0.15) is 5.75 Å². The van der Waals surface area contributed by atoms with Gasteiger partial charge < -0.3 is 15.4 Å². The fourth-order valence-corrected chi connectivity index (χ4v) is 3.92. The Morgan fingerprint density at radius 3 is 2.15 bits per heavy atom. The predicted molar refractivity (Wildman–Crippen MR) is 141 cm³/mol. The molecule has 1 aromatic rings. The zero-order chi connectivity index (χ0) is 25.3. The van der Waals surface area contributed by atoms with E-state index < -0.39 is 6.17 Å². The topological polar surface area (TPSA) is 73.9 Å². The van der Waals surface area contributed by atoms with Crippen molar-refractivity contribution in [3.8, 4) is 5.75 Å². The number of hydrogen-bond acceptors (Lipinski definition) is 5. The van der Waals surface area contributed by atoms with Crippen molar-refractivity contribution in [1.29, 1.82) is 0 Å². The molecule has 0 saturated carbocycles. The van der Waals surface area contributed by atoms with E-state index in [1.165, 1.54) is 32.1 Å². The minimum absolute atomic E-state index is 0.148. The number of benzene rings is 1. The summed E-state index contributed by atoms with van der Waals surface area (Å²) >= 11 is 0. The molecule has 1 aromatic carbocycles. The molecule has 2 amide bonds. The summed E-state index contributed by atoms with van der Waals surface area (Å²) < 4.78 is 5.95. The average molecular weight is 477 g/mol. The van der Waals surface area contributed by atoms with Gasteiger partial charge in [-0.3, -0.25) is 19.4 Å². The zero-order valence-electron chi connectivity index (χ0n) is 22.4. The first-order valence-electron chi connectivity index (χ1n) is 13.2. The van der Waals surface area contributed by atoms with Crippen LogP contribution in [-0.4, -0.2) is 67.1 Å². The first-order chi connectivity index (χ1) is 16.4. The molecular weight excluding hydrogens is 428 g/mol. The van der Waals surface area contributed by atoms with Gasteiger partial charge in [-0.2, -0.15) is 0 Å². The third-order valence-corrected chi connectivity index (χ3v) is 6.18. The quantitative estimate of drug-likeness (QED) is 0.235. The van der Waals surface area contributed by atoms with Crippen LogP contribution >= 0.6 is 0 Å². The van der Waals surface area contributed by atoms with Crippen molar-refractivity contribution in [2.45, 2.75) is 86.2 Å². The molecule has 0 saturated heterocycles. The van der Waals surface area contributed by atoms with Gasteiger partial charge in [0, 0.05) is 5.69 Å². The molecule has 0 spiro atoms. The summed E-state index contributed by atoms with van der Waals surface area (Å²) in [5.74, 6) is 0.460. The van der Waals surface area contributed by atoms with Crippen LogP contribution in [-0.2, 0) is 9.59 Å². The van der Waals surface area contributed by atoms with Gasteiger partial charge in [-0.15, -0.1) is 0 Å². The Balaban J connectivity index is 2.71. The molecule has 0 bridgehead atoms. The fourth-order valence-electron chi connectivity index (χ4n) is 3.92. The summed E-state index contributed by atoms with van der Waals surface area (Å²) in [6.45, 7) is 16.1. The van der Waals surface area contributed by atoms with Crippen molar-refractivity contribution < 1.29 is 14.3 Å². The zero-order valence-corrected chi connectivity index (χ0v) is 22.4. The lowest BCUT2D eigenvalue weighted by molar-refractivity contribution is -0.131. The highest BCUT2D eigenvalue weighted by Gasteiger charge is 2.26. The third kappa shape index (κ3) is 10.9. The highest BCUT2D eigenvalue weighted by Crippen LogP contribution is 2.22. The molecule has 2 N–H and O–H groups in total. The number of anilines is 1. The van der Waals surface area contributed by atoms with E-state index in [1.54, 1.807) is 0 Å². The maximum Gasteiger partial charge on any atom is 0.262 e. The van der Waals surface area contributed by atoms with Crippen LogP contribution in [0.4, 0.5) is 5.69 Å². The monoisotopic (exact) mass is 476 g/mol. The van der Waals surface area contributed by atoms with Gasteiger partial charge in [-0.1, -0.05) is 66.7 Å². The number of amides is 2. The highest BCUT2D eigenvalue weighted by atomic mass is 16.5. The maximum atomic E-state index is 13.1. The molecule has 0 aliphatic heterocycles. The third-order valence-electron chi connectivity index (χ3n) is 6.18. The van der Waals surface area contributed by atoms with Gasteiger partial charge in [-0.05, 0) is 63.3 Å². The van der Waals surface area contributed by atoms with Crippen molar-refractivity contribution in [3.05, 3.63) is 23.8 Å². The van der Waals surface area contributed by atoms with E-state index in [1.807, 2.05) is 62.6 Å². The van der Waals surface area contributed by atoms with Crippen molar-refractivity contribution >= 4 is 17.5 Å². The molecule has 0 fully saturated rings. The van der Waals surface area contributed by atoms with E-state index in [0.717, 1.165) is 30.8 Å². The van der Waals surface area contributed by atoms with Gasteiger partial charge in [0.25, 0.3) is 5.91 Å². The van der Waals surface area contributed by atoms with Gasteiger partial charge in [-0.25, -0.2) is 0 Å². The lowest BCUT2D eigenvalue weighted by Crippen LogP contribution is -2.56. The van der Waals surface area contributed by atoms with Crippen LogP contribution < -0.4 is 15.4 Å². The van der Waals surface area contributed by atoms with Crippen molar-refractivity contribution in [1.82, 2.24) is 15.1 Å². The smallest absolute Gasteiger partial charge is 0.262 e. The fraction of sp³-hybridized carbons (Fsp3) is 0.704. The number of nitrogens with one attached hydrogen (secondary N) is 2. The molecule has 0 radical (unpaired) electrons. The Kier molecular flexibility index (Phi) is 15.3. The second-order valence-electron chi connectivity index (χ2n) is 8.74. The number of nitrogens with zero attached hydrogens (tertiary/aromatic N) is 2. The van der Waals surface area contributed by atoms with E-state index in [-0.39, 0.29) is 18.4 Å². The van der Waals surface area contributed by atoms with Crippen molar-refractivity contribution in [2.24, 2.45) is 0 Å². The molecule has 0 aliphatic rings. The van der Waals surface area contributed by atoms with Crippen LogP contribution in [0.25, 0.3) is 0 Å². The number of ether oxygens (including phenoxy) is 1. The Morgan fingerprint density at radius 1 is 0.912 bits per heavy atom.